The van der Waals surface area contributed by atoms with Crippen LogP contribution < -0.4 is 5.73 Å². The summed E-state index contributed by atoms with van der Waals surface area (Å²) < 4.78 is 4.99. The van der Waals surface area contributed by atoms with Gasteiger partial charge in [-0.25, -0.2) is 14.8 Å². The van der Waals surface area contributed by atoms with Crippen molar-refractivity contribution >= 4 is 23.4 Å². The highest BCUT2D eigenvalue weighted by Gasteiger charge is 2.13. The Morgan fingerprint density at radius 1 is 1.24 bits per heavy atom. The van der Waals surface area contributed by atoms with Crippen LogP contribution in [0.25, 0.3) is 0 Å². The van der Waals surface area contributed by atoms with Gasteiger partial charge in [0, 0.05) is 22.0 Å². The molecule has 2 N–H and O–H groups in total. The number of carbonyl (C=O) groups excluding carboxylic acids is 1. The molecule has 2 rings (SSSR count). The Labute approximate surface area is 127 Å². The van der Waals surface area contributed by atoms with Gasteiger partial charge in [-0.15, -0.1) is 0 Å². The SMILES string of the molecule is CCOC(=O)c1cc(Sc2nc(C)cc(C)n2)ccc1N. The van der Waals surface area contributed by atoms with Crippen molar-refractivity contribution in [1.29, 1.82) is 0 Å². The van der Waals surface area contributed by atoms with Gasteiger partial charge in [-0.3, -0.25) is 0 Å². The maximum absolute atomic E-state index is 11.8. The molecular formula is C15H17N3O2S. The fourth-order valence-corrected chi connectivity index (χ4v) is 2.73. The molecule has 0 amide bonds. The number of nitrogens with two attached hydrogens (primary N) is 1. The lowest BCUT2D eigenvalue weighted by atomic mass is 10.2. The fraction of sp³-hybridized carbons (Fsp3) is 0.267. The Balaban J connectivity index is 2.28. The van der Waals surface area contributed by atoms with E-state index in [1.54, 1.807) is 19.1 Å². The van der Waals surface area contributed by atoms with Gasteiger partial charge in [-0.2, -0.15) is 0 Å². The van der Waals surface area contributed by atoms with Crippen LogP contribution >= 0.6 is 11.8 Å². The Kier molecular flexibility index (Phi) is 4.80. The molecule has 0 aliphatic rings. The van der Waals surface area contributed by atoms with Crippen LogP contribution in [-0.4, -0.2) is 22.5 Å². The molecule has 0 atom stereocenters. The predicted molar refractivity (Wildman–Crippen MR) is 82.4 cm³/mol. The third-order valence-electron chi connectivity index (χ3n) is 2.69. The summed E-state index contributed by atoms with van der Waals surface area (Å²) in [6.07, 6.45) is 0. The van der Waals surface area contributed by atoms with Crippen LogP contribution in [0.2, 0.25) is 0 Å². The van der Waals surface area contributed by atoms with Gasteiger partial charge in [0.2, 0.25) is 0 Å². The second kappa shape index (κ2) is 6.58. The average Bonchev–Trinajstić information content (AvgIpc) is 2.40. The number of anilines is 1. The monoisotopic (exact) mass is 303 g/mol. The number of nitrogen functional groups attached to an aromatic ring is 1. The summed E-state index contributed by atoms with van der Waals surface area (Å²) in [5.41, 5.74) is 8.41. The van der Waals surface area contributed by atoms with E-state index in [0.717, 1.165) is 16.3 Å². The average molecular weight is 303 g/mol. The first-order valence-corrected chi connectivity index (χ1v) is 7.38. The summed E-state index contributed by atoms with van der Waals surface area (Å²) >= 11 is 1.39. The van der Waals surface area contributed by atoms with E-state index < -0.39 is 5.97 Å². The van der Waals surface area contributed by atoms with E-state index >= 15 is 0 Å². The topological polar surface area (TPSA) is 78.1 Å². The van der Waals surface area contributed by atoms with Crippen LogP contribution in [0.1, 0.15) is 28.7 Å². The molecule has 0 radical (unpaired) electrons. The van der Waals surface area contributed by atoms with Gasteiger partial charge in [0.1, 0.15) is 0 Å². The van der Waals surface area contributed by atoms with Crippen molar-refractivity contribution in [3.63, 3.8) is 0 Å². The molecule has 0 spiro atoms. The minimum absolute atomic E-state index is 0.315. The Hall–Kier alpha value is -2.08. The van der Waals surface area contributed by atoms with Gasteiger partial charge in [0.05, 0.1) is 12.2 Å². The minimum atomic E-state index is -0.418. The van der Waals surface area contributed by atoms with Crippen molar-refractivity contribution in [2.75, 3.05) is 12.3 Å². The summed E-state index contributed by atoms with van der Waals surface area (Å²) in [5.74, 6) is -0.418. The van der Waals surface area contributed by atoms with Crippen LogP contribution in [0.15, 0.2) is 34.3 Å². The van der Waals surface area contributed by atoms with E-state index in [9.17, 15) is 4.79 Å². The number of aryl methyl sites for hydroxylation is 2. The first-order valence-electron chi connectivity index (χ1n) is 6.56. The van der Waals surface area contributed by atoms with Gasteiger partial charge in [-0.05, 0) is 56.8 Å². The lowest BCUT2D eigenvalue weighted by Crippen LogP contribution is -2.08. The van der Waals surface area contributed by atoms with Crippen molar-refractivity contribution in [3.05, 3.63) is 41.2 Å². The highest BCUT2D eigenvalue weighted by Crippen LogP contribution is 2.28. The van der Waals surface area contributed by atoms with E-state index in [1.807, 2.05) is 26.0 Å². The maximum Gasteiger partial charge on any atom is 0.340 e. The molecule has 0 bridgehead atoms. The number of esters is 1. The molecule has 0 aliphatic carbocycles. The molecule has 0 aliphatic heterocycles. The lowest BCUT2D eigenvalue weighted by Gasteiger charge is -2.08. The number of rotatable bonds is 4. The quantitative estimate of drug-likeness (QED) is 0.531. The summed E-state index contributed by atoms with van der Waals surface area (Å²) in [7, 11) is 0. The minimum Gasteiger partial charge on any atom is -0.462 e. The second-order valence-corrected chi connectivity index (χ2v) is 5.55. The molecule has 110 valence electrons. The molecule has 2 aromatic rings. The molecule has 21 heavy (non-hydrogen) atoms. The molecular weight excluding hydrogens is 286 g/mol. The fourth-order valence-electron chi connectivity index (χ4n) is 1.83. The number of carbonyl (C=O) groups is 1. The van der Waals surface area contributed by atoms with Crippen LogP contribution in [0, 0.1) is 13.8 Å². The molecule has 5 nitrogen and oxygen atoms in total. The van der Waals surface area contributed by atoms with E-state index in [0.29, 0.717) is 23.0 Å². The Morgan fingerprint density at radius 3 is 2.52 bits per heavy atom. The summed E-state index contributed by atoms with van der Waals surface area (Å²) in [6, 6.07) is 7.15. The standard InChI is InChI=1S/C15H17N3O2S/c1-4-20-14(19)12-8-11(5-6-13(12)16)21-15-17-9(2)7-10(3)18-15/h5-8H,4,16H2,1-3H3. The van der Waals surface area contributed by atoms with Crippen LogP contribution in [0.5, 0.6) is 0 Å². The van der Waals surface area contributed by atoms with E-state index in [-0.39, 0.29) is 0 Å². The van der Waals surface area contributed by atoms with Crippen molar-refractivity contribution in [2.24, 2.45) is 0 Å². The van der Waals surface area contributed by atoms with Gasteiger partial charge < -0.3 is 10.5 Å². The number of nitrogens with zero attached hydrogens (tertiary/aromatic N) is 2. The molecule has 0 saturated carbocycles. The summed E-state index contributed by atoms with van der Waals surface area (Å²) in [4.78, 5) is 21.4. The van der Waals surface area contributed by atoms with Gasteiger partial charge in [0.15, 0.2) is 5.16 Å². The molecule has 0 unspecified atom stereocenters. The zero-order chi connectivity index (χ0) is 15.4. The number of aromatic nitrogens is 2. The molecule has 1 aromatic carbocycles. The smallest absolute Gasteiger partial charge is 0.340 e. The first kappa shape index (κ1) is 15.3. The highest BCUT2D eigenvalue weighted by atomic mass is 32.2. The predicted octanol–water partition coefficient (Wildman–Crippen LogP) is 3.00. The second-order valence-electron chi connectivity index (χ2n) is 4.50. The number of hydrogen-bond acceptors (Lipinski definition) is 6. The molecule has 6 heteroatoms. The van der Waals surface area contributed by atoms with E-state index in [2.05, 4.69) is 9.97 Å². The highest BCUT2D eigenvalue weighted by molar-refractivity contribution is 7.99. The summed E-state index contributed by atoms with van der Waals surface area (Å²) in [5, 5.41) is 0.645. The largest absolute Gasteiger partial charge is 0.462 e. The Bertz CT molecular complexity index is 654. The molecule has 1 heterocycles. The van der Waals surface area contributed by atoms with Crippen molar-refractivity contribution in [2.45, 2.75) is 30.8 Å². The van der Waals surface area contributed by atoms with Gasteiger partial charge in [-0.1, -0.05) is 0 Å². The van der Waals surface area contributed by atoms with Crippen molar-refractivity contribution in [3.8, 4) is 0 Å². The van der Waals surface area contributed by atoms with Crippen LogP contribution in [-0.2, 0) is 4.74 Å². The zero-order valence-electron chi connectivity index (χ0n) is 12.2. The van der Waals surface area contributed by atoms with Gasteiger partial charge >= 0.3 is 5.97 Å². The van der Waals surface area contributed by atoms with Crippen molar-refractivity contribution in [1.82, 2.24) is 9.97 Å². The zero-order valence-corrected chi connectivity index (χ0v) is 13.0. The Morgan fingerprint density at radius 2 is 1.90 bits per heavy atom. The third-order valence-corrected chi connectivity index (χ3v) is 3.55. The van der Waals surface area contributed by atoms with Crippen LogP contribution in [0.3, 0.4) is 0 Å². The lowest BCUT2D eigenvalue weighted by molar-refractivity contribution is 0.0527. The molecule has 1 aromatic heterocycles. The van der Waals surface area contributed by atoms with E-state index in [4.69, 9.17) is 10.5 Å². The first-order chi connectivity index (χ1) is 9.99. The van der Waals surface area contributed by atoms with Crippen molar-refractivity contribution < 1.29 is 9.53 Å². The summed E-state index contributed by atoms with van der Waals surface area (Å²) in [6.45, 7) is 5.92. The molecule has 0 saturated heterocycles. The van der Waals surface area contributed by atoms with E-state index in [1.165, 1.54) is 11.8 Å². The molecule has 0 fully saturated rings. The van der Waals surface area contributed by atoms with Gasteiger partial charge in [0.25, 0.3) is 0 Å². The third kappa shape index (κ3) is 3.95. The number of benzene rings is 1. The normalized spacial score (nSPS) is 10.4. The number of hydrogen-bond donors (Lipinski definition) is 1. The maximum atomic E-state index is 11.8. The van der Waals surface area contributed by atoms with Crippen LogP contribution in [0.4, 0.5) is 5.69 Å². The number of ether oxygens (including phenoxy) is 1.